The summed E-state index contributed by atoms with van der Waals surface area (Å²) in [6, 6.07) is 8.54. The molecule has 1 aromatic heterocycles. The highest BCUT2D eigenvalue weighted by Gasteiger charge is 2.16. The average molecular weight is 350 g/mol. The molecule has 2 nitrogen and oxygen atoms in total. The number of benzene rings is 1. The summed E-state index contributed by atoms with van der Waals surface area (Å²) in [6.07, 6.45) is 0.663. The van der Waals surface area contributed by atoms with Crippen molar-refractivity contribution in [2.24, 2.45) is 5.84 Å². The topological polar surface area (TPSA) is 38.0 Å². The number of halogens is 3. The van der Waals surface area contributed by atoms with Crippen molar-refractivity contribution in [3.8, 4) is 0 Å². The van der Waals surface area contributed by atoms with Crippen molar-refractivity contribution >= 4 is 38.9 Å². The zero-order valence-corrected chi connectivity index (χ0v) is 12.4. The van der Waals surface area contributed by atoms with Crippen molar-refractivity contribution in [2.45, 2.75) is 12.5 Å². The SMILES string of the molecule is NNC(Cc1ccc(Cl)s1)c1cccc(F)c1Br. The van der Waals surface area contributed by atoms with E-state index in [1.54, 1.807) is 6.07 Å². The molecule has 2 aromatic rings. The molecule has 0 aliphatic rings. The van der Waals surface area contributed by atoms with Crippen LogP contribution in [0, 0.1) is 5.82 Å². The van der Waals surface area contributed by atoms with Crippen molar-refractivity contribution in [3.63, 3.8) is 0 Å². The van der Waals surface area contributed by atoms with E-state index in [1.807, 2.05) is 18.2 Å². The van der Waals surface area contributed by atoms with Gasteiger partial charge >= 0.3 is 0 Å². The zero-order valence-electron chi connectivity index (χ0n) is 9.29. The Kier molecular flexibility index (Phi) is 4.75. The zero-order chi connectivity index (χ0) is 13.1. The number of rotatable bonds is 4. The van der Waals surface area contributed by atoms with Crippen LogP contribution in [0.15, 0.2) is 34.8 Å². The molecule has 0 radical (unpaired) electrons. The Hall–Kier alpha value is -0.460. The summed E-state index contributed by atoms with van der Waals surface area (Å²) in [7, 11) is 0. The third-order valence-corrected chi connectivity index (χ3v) is 4.68. The second-order valence-electron chi connectivity index (χ2n) is 3.77. The van der Waals surface area contributed by atoms with Gasteiger partial charge in [-0.1, -0.05) is 23.7 Å². The first-order valence-electron chi connectivity index (χ1n) is 5.26. The highest BCUT2D eigenvalue weighted by atomic mass is 79.9. The summed E-state index contributed by atoms with van der Waals surface area (Å²) in [5.41, 5.74) is 3.50. The van der Waals surface area contributed by atoms with Gasteiger partial charge in [0.15, 0.2) is 0 Å². The molecule has 6 heteroatoms. The van der Waals surface area contributed by atoms with Crippen LogP contribution in [0.5, 0.6) is 0 Å². The van der Waals surface area contributed by atoms with Crippen molar-refractivity contribution in [3.05, 3.63) is 55.4 Å². The van der Waals surface area contributed by atoms with Crippen LogP contribution in [-0.2, 0) is 6.42 Å². The van der Waals surface area contributed by atoms with E-state index in [0.29, 0.717) is 10.9 Å². The minimum atomic E-state index is -0.294. The predicted octanol–water partition coefficient (Wildman–Crippen LogP) is 4.05. The maximum atomic E-state index is 13.5. The van der Waals surface area contributed by atoms with Crippen molar-refractivity contribution < 1.29 is 4.39 Å². The minimum Gasteiger partial charge on any atom is -0.271 e. The normalized spacial score (nSPS) is 12.7. The van der Waals surface area contributed by atoms with E-state index in [1.165, 1.54) is 17.4 Å². The summed E-state index contributed by atoms with van der Waals surface area (Å²) in [5.74, 6) is 5.26. The number of hydrogen-bond acceptors (Lipinski definition) is 3. The van der Waals surface area contributed by atoms with Gasteiger partial charge in [-0.05, 0) is 39.7 Å². The monoisotopic (exact) mass is 348 g/mol. The molecule has 0 spiro atoms. The summed E-state index contributed by atoms with van der Waals surface area (Å²) < 4.78 is 14.7. The molecule has 1 aromatic carbocycles. The summed E-state index contributed by atoms with van der Waals surface area (Å²) in [4.78, 5) is 1.10. The fourth-order valence-electron chi connectivity index (χ4n) is 1.71. The molecule has 0 bridgehead atoms. The number of thiophene rings is 1. The Morgan fingerprint density at radius 3 is 2.78 bits per heavy atom. The van der Waals surface area contributed by atoms with Crippen LogP contribution in [-0.4, -0.2) is 0 Å². The standard InChI is InChI=1S/C12H11BrClFN2S/c13-12-8(2-1-3-9(12)15)10(17-16)6-7-4-5-11(14)18-7/h1-5,10,17H,6,16H2. The van der Waals surface area contributed by atoms with Gasteiger partial charge in [0.05, 0.1) is 14.9 Å². The molecule has 0 amide bonds. The highest BCUT2D eigenvalue weighted by molar-refractivity contribution is 9.10. The van der Waals surface area contributed by atoms with Crippen LogP contribution >= 0.6 is 38.9 Å². The summed E-state index contributed by atoms with van der Waals surface area (Å²) in [6.45, 7) is 0. The molecule has 1 heterocycles. The smallest absolute Gasteiger partial charge is 0.137 e. The van der Waals surface area contributed by atoms with E-state index in [0.717, 1.165) is 14.8 Å². The van der Waals surface area contributed by atoms with Gasteiger partial charge in [-0.3, -0.25) is 11.3 Å². The molecule has 0 saturated carbocycles. The van der Waals surface area contributed by atoms with Crippen LogP contribution in [0.3, 0.4) is 0 Å². The van der Waals surface area contributed by atoms with Gasteiger partial charge in [-0.25, -0.2) is 4.39 Å². The number of nitrogens with two attached hydrogens (primary N) is 1. The molecule has 0 aliphatic heterocycles. The van der Waals surface area contributed by atoms with Gasteiger partial charge in [-0.15, -0.1) is 11.3 Å². The van der Waals surface area contributed by atoms with Gasteiger partial charge < -0.3 is 0 Å². The maximum Gasteiger partial charge on any atom is 0.137 e. The van der Waals surface area contributed by atoms with Gasteiger partial charge in [0.25, 0.3) is 0 Å². The minimum absolute atomic E-state index is 0.162. The van der Waals surface area contributed by atoms with Gasteiger partial charge in [0, 0.05) is 11.3 Å². The summed E-state index contributed by atoms with van der Waals surface area (Å²) >= 11 is 10.6. The van der Waals surface area contributed by atoms with Crippen LogP contribution in [0.25, 0.3) is 0 Å². The highest BCUT2D eigenvalue weighted by Crippen LogP contribution is 2.30. The van der Waals surface area contributed by atoms with Crippen molar-refractivity contribution in [2.75, 3.05) is 0 Å². The van der Waals surface area contributed by atoms with Crippen LogP contribution in [0.2, 0.25) is 4.34 Å². The Bertz CT molecular complexity index is 547. The number of hydrogen-bond donors (Lipinski definition) is 2. The summed E-state index contributed by atoms with van der Waals surface area (Å²) in [5, 5.41) is 0. The lowest BCUT2D eigenvalue weighted by Crippen LogP contribution is -2.29. The lowest BCUT2D eigenvalue weighted by atomic mass is 10.0. The Morgan fingerprint density at radius 2 is 2.17 bits per heavy atom. The lowest BCUT2D eigenvalue weighted by Gasteiger charge is -2.17. The predicted molar refractivity (Wildman–Crippen MR) is 77.2 cm³/mol. The molecule has 0 saturated heterocycles. The van der Waals surface area contributed by atoms with E-state index in [9.17, 15) is 4.39 Å². The third-order valence-electron chi connectivity index (χ3n) is 2.59. The lowest BCUT2D eigenvalue weighted by molar-refractivity contribution is 0.543. The molecule has 0 fully saturated rings. The molecule has 3 N–H and O–H groups in total. The van der Waals surface area contributed by atoms with Crippen molar-refractivity contribution in [1.82, 2.24) is 5.43 Å². The average Bonchev–Trinajstić information content (AvgIpc) is 2.76. The first-order valence-corrected chi connectivity index (χ1v) is 7.25. The first kappa shape index (κ1) is 14.0. The molecule has 2 rings (SSSR count). The van der Waals surface area contributed by atoms with E-state index in [-0.39, 0.29) is 11.9 Å². The van der Waals surface area contributed by atoms with Gasteiger partial charge in [0.2, 0.25) is 0 Å². The number of hydrazine groups is 1. The molecule has 1 unspecified atom stereocenters. The third kappa shape index (κ3) is 3.10. The largest absolute Gasteiger partial charge is 0.271 e. The van der Waals surface area contributed by atoms with E-state index in [2.05, 4.69) is 21.4 Å². The molecule has 1 atom stereocenters. The Morgan fingerprint density at radius 1 is 1.39 bits per heavy atom. The van der Waals surface area contributed by atoms with Gasteiger partial charge in [0.1, 0.15) is 5.82 Å². The fourth-order valence-corrected chi connectivity index (χ4v) is 3.38. The first-order chi connectivity index (χ1) is 8.61. The molecular formula is C12H11BrClFN2S. The van der Waals surface area contributed by atoms with Crippen LogP contribution in [0.1, 0.15) is 16.5 Å². The maximum absolute atomic E-state index is 13.5. The second-order valence-corrected chi connectivity index (χ2v) is 6.36. The number of nitrogens with one attached hydrogen (secondary N) is 1. The Labute approximate surface area is 122 Å². The van der Waals surface area contributed by atoms with E-state index in [4.69, 9.17) is 17.4 Å². The Balaban J connectivity index is 2.25. The molecule has 0 aliphatic carbocycles. The molecule has 96 valence electrons. The molecule has 18 heavy (non-hydrogen) atoms. The van der Waals surface area contributed by atoms with Gasteiger partial charge in [-0.2, -0.15) is 0 Å². The van der Waals surface area contributed by atoms with E-state index < -0.39 is 0 Å². The quantitative estimate of drug-likeness (QED) is 0.645. The fraction of sp³-hybridized carbons (Fsp3) is 0.167. The second kappa shape index (κ2) is 6.12. The van der Waals surface area contributed by atoms with Crippen LogP contribution < -0.4 is 11.3 Å². The van der Waals surface area contributed by atoms with E-state index >= 15 is 0 Å². The van der Waals surface area contributed by atoms with Crippen molar-refractivity contribution in [1.29, 1.82) is 0 Å². The van der Waals surface area contributed by atoms with Crippen LogP contribution in [0.4, 0.5) is 4.39 Å². The molecular weight excluding hydrogens is 339 g/mol.